The van der Waals surface area contributed by atoms with Gasteiger partial charge in [0.05, 0.1) is 13.7 Å². The second-order valence-corrected chi connectivity index (χ2v) is 4.81. The number of aliphatic hydroxyl groups excluding tert-OH is 1. The Balaban J connectivity index is 4.20. The molecule has 0 amide bonds. The number of carbonyl (C=O) groups excluding carboxylic acids is 2. The molecule has 0 radical (unpaired) electrons. The Labute approximate surface area is 107 Å². The van der Waals surface area contributed by atoms with Crippen LogP contribution in [0.3, 0.4) is 0 Å². The minimum absolute atomic E-state index is 0.00917. The van der Waals surface area contributed by atoms with E-state index in [1.165, 1.54) is 7.11 Å². The summed E-state index contributed by atoms with van der Waals surface area (Å²) in [7, 11) is 1.21. The Hall–Kier alpha value is -1.18. The van der Waals surface area contributed by atoms with Crippen LogP contribution in [-0.4, -0.2) is 55.0 Å². The van der Waals surface area contributed by atoms with Crippen LogP contribution >= 0.6 is 0 Å². The highest BCUT2D eigenvalue weighted by atomic mass is 16.6. The molecule has 0 aliphatic rings. The van der Waals surface area contributed by atoms with Crippen molar-refractivity contribution in [3.63, 3.8) is 0 Å². The van der Waals surface area contributed by atoms with Crippen LogP contribution in [0.4, 0.5) is 0 Å². The molecule has 106 valence electrons. The van der Waals surface area contributed by atoms with Gasteiger partial charge in [0.25, 0.3) is 0 Å². The Kier molecular flexibility index (Phi) is 6.82. The van der Waals surface area contributed by atoms with Crippen LogP contribution in [0.5, 0.6) is 0 Å². The largest absolute Gasteiger partial charge is 0.468 e. The number of rotatable bonds is 6. The molecule has 18 heavy (non-hydrogen) atoms. The Bertz CT molecular complexity index is 288. The number of nitrogens with one attached hydrogen (secondary N) is 1. The summed E-state index contributed by atoms with van der Waals surface area (Å²) in [5.41, 5.74) is 4.98. The molecular weight excluding hydrogens is 240 g/mol. The number of nitrogens with two attached hydrogens (primary N) is 1. The topological polar surface area (TPSA) is 111 Å². The standard InChI is InChI=1S/C11H22N2O5/c1-11(2,3)18-9(15)7(12)5-13-8(6-14)10(16)17-4/h7-8,13-14H,5-6,12H2,1-4H3/t7?,8-/m1/s1. The van der Waals surface area contributed by atoms with Crippen molar-refractivity contribution in [2.75, 3.05) is 20.3 Å². The average Bonchev–Trinajstić information content (AvgIpc) is 2.26. The van der Waals surface area contributed by atoms with E-state index < -0.39 is 36.2 Å². The molecule has 2 atom stereocenters. The highest BCUT2D eigenvalue weighted by molar-refractivity contribution is 5.77. The summed E-state index contributed by atoms with van der Waals surface area (Å²) < 4.78 is 9.53. The summed E-state index contributed by atoms with van der Waals surface area (Å²) in [5, 5.41) is 11.6. The number of hydrogen-bond donors (Lipinski definition) is 3. The van der Waals surface area contributed by atoms with E-state index in [0.717, 1.165) is 0 Å². The zero-order chi connectivity index (χ0) is 14.3. The lowest BCUT2D eigenvalue weighted by atomic mass is 10.2. The molecule has 0 rings (SSSR count). The summed E-state index contributed by atoms with van der Waals surface area (Å²) in [4.78, 5) is 22.7. The average molecular weight is 262 g/mol. The molecular formula is C11H22N2O5. The quantitative estimate of drug-likeness (QED) is 0.514. The molecule has 7 nitrogen and oxygen atoms in total. The number of esters is 2. The third-order valence-electron chi connectivity index (χ3n) is 1.96. The lowest BCUT2D eigenvalue weighted by molar-refractivity contribution is -0.156. The zero-order valence-electron chi connectivity index (χ0n) is 11.2. The van der Waals surface area contributed by atoms with Crippen LogP contribution in [0.25, 0.3) is 0 Å². The van der Waals surface area contributed by atoms with E-state index >= 15 is 0 Å². The van der Waals surface area contributed by atoms with Gasteiger partial charge in [0.15, 0.2) is 0 Å². The third-order valence-corrected chi connectivity index (χ3v) is 1.96. The maximum Gasteiger partial charge on any atom is 0.325 e. The number of hydrogen-bond acceptors (Lipinski definition) is 7. The first-order valence-electron chi connectivity index (χ1n) is 5.61. The SMILES string of the molecule is COC(=O)[C@@H](CO)NCC(N)C(=O)OC(C)(C)C. The lowest BCUT2D eigenvalue weighted by Gasteiger charge is -2.23. The Morgan fingerprint density at radius 2 is 1.89 bits per heavy atom. The molecule has 0 saturated heterocycles. The highest BCUT2D eigenvalue weighted by Crippen LogP contribution is 2.07. The number of ether oxygens (including phenoxy) is 2. The molecule has 0 aromatic carbocycles. The molecule has 0 bridgehead atoms. The minimum Gasteiger partial charge on any atom is -0.468 e. The van der Waals surface area contributed by atoms with Crippen LogP contribution in [-0.2, 0) is 19.1 Å². The van der Waals surface area contributed by atoms with Gasteiger partial charge in [-0.25, -0.2) is 0 Å². The fraction of sp³-hybridized carbons (Fsp3) is 0.818. The second-order valence-electron chi connectivity index (χ2n) is 4.81. The van der Waals surface area contributed by atoms with Gasteiger partial charge in [-0.3, -0.25) is 9.59 Å². The van der Waals surface area contributed by atoms with E-state index in [1.807, 2.05) is 0 Å². The fourth-order valence-corrected chi connectivity index (χ4v) is 1.09. The summed E-state index contributed by atoms with van der Waals surface area (Å²) in [5.74, 6) is -1.19. The van der Waals surface area contributed by atoms with Crippen LogP contribution < -0.4 is 11.1 Å². The van der Waals surface area contributed by atoms with E-state index in [0.29, 0.717) is 0 Å². The predicted molar refractivity (Wildman–Crippen MR) is 64.7 cm³/mol. The van der Waals surface area contributed by atoms with Gasteiger partial charge in [-0.2, -0.15) is 0 Å². The molecule has 0 spiro atoms. The van der Waals surface area contributed by atoms with E-state index in [2.05, 4.69) is 10.1 Å². The summed E-state index contributed by atoms with van der Waals surface area (Å²) in [6.45, 7) is 4.77. The van der Waals surface area contributed by atoms with Crippen molar-refractivity contribution in [3.8, 4) is 0 Å². The van der Waals surface area contributed by atoms with Crippen molar-refractivity contribution in [2.45, 2.75) is 38.5 Å². The van der Waals surface area contributed by atoms with Crippen LogP contribution in [0.2, 0.25) is 0 Å². The monoisotopic (exact) mass is 262 g/mol. The van der Waals surface area contributed by atoms with Crippen LogP contribution in [0.1, 0.15) is 20.8 Å². The van der Waals surface area contributed by atoms with E-state index in [9.17, 15) is 9.59 Å². The van der Waals surface area contributed by atoms with Crippen molar-refractivity contribution in [1.29, 1.82) is 0 Å². The van der Waals surface area contributed by atoms with Gasteiger partial charge in [-0.15, -0.1) is 0 Å². The Morgan fingerprint density at radius 1 is 1.33 bits per heavy atom. The van der Waals surface area contributed by atoms with Gasteiger partial charge in [0.2, 0.25) is 0 Å². The first-order valence-corrected chi connectivity index (χ1v) is 5.61. The van der Waals surface area contributed by atoms with Crippen molar-refractivity contribution < 1.29 is 24.2 Å². The van der Waals surface area contributed by atoms with Crippen molar-refractivity contribution in [2.24, 2.45) is 5.73 Å². The minimum atomic E-state index is -0.914. The Morgan fingerprint density at radius 3 is 2.28 bits per heavy atom. The molecule has 0 heterocycles. The first kappa shape index (κ1) is 16.8. The van der Waals surface area contributed by atoms with Crippen LogP contribution in [0.15, 0.2) is 0 Å². The third kappa shape index (κ3) is 6.53. The van der Waals surface area contributed by atoms with Gasteiger partial charge in [0, 0.05) is 6.54 Å². The van der Waals surface area contributed by atoms with Crippen molar-refractivity contribution in [3.05, 3.63) is 0 Å². The normalized spacial score (nSPS) is 14.8. The van der Waals surface area contributed by atoms with E-state index in [-0.39, 0.29) is 6.54 Å². The molecule has 0 aliphatic heterocycles. The summed E-state index contributed by atoms with van der Waals surface area (Å²) in [6, 6.07) is -1.81. The van der Waals surface area contributed by atoms with Gasteiger partial charge < -0.3 is 25.6 Å². The maximum atomic E-state index is 11.5. The fourth-order valence-electron chi connectivity index (χ4n) is 1.09. The van der Waals surface area contributed by atoms with Gasteiger partial charge in [-0.1, -0.05) is 0 Å². The smallest absolute Gasteiger partial charge is 0.325 e. The maximum absolute atomic E-state index is 11.5. The molecule has 1 unspecified atom stereocenters. The van der Waals surface area contributed by atoms with E-state index in [4.69, 9.17) is 15.6 Å². The van der Waals surface area contributed by atoms with Crippen LogP contribution in [0, 0.1) is 0 Å². The molecule has 7 heteroatoms. The van der Waals surface area contributed by atoms with Gasteiger partial charge in [0.1, 0.15) is 17.7 Å². The lowest BCUT2D eigenvalue weighted by Crippen LogP contribution is -2.50. The molecule has 0 fully saturated rings. The molecule has 0 aliphatic carbocycles. The molecule has 0 saturated carbocycles. The molecule has 0 aromatic heterocycles. The highest BCUT2D eigenvalue weighted by Gasteiger charge is 2.24. The first-order chi connectivity index (χ1) is 8.21. The van der Waals surface area contributed by atoms with Gasteiger partial charge >= 0.3 is 11.9 Å². The summed E-state index contributed by atoms with van der Waals surface area (Å²) >= 11 is 0. The molecule has 4 N–H and O–H groups in total. The van der Waals surface area contributed by atoms with Crippen molar-refractivity contribution >= 4 is 11.9 Å². The van der Waals surface area contributed by atoms with E-state index in [1.54, 1.807) is 20.8 Å². The zero-order valence-corrected chi connectivity index (χ0v) is 11.2. The summed E-state index contributed by atoms with van der Waals surface area (Å²) in [6.07, 6.45) is 0. The van der Waals surface area contributed by atoms with Crippen molar-refractivity contribution in [1.82, 2.24) is 5.32 Å². The number of aliphatic hydroxyl groups is 1. The molecule has 0 aromatic rings. The second kappa shape index (κ2) is 7.30. The predicted octanol–water partition coefficient (Wildman–Crippen LogP) is -1.22. The van der Waals surface area contributed by atoms with Gasteiger partial charge in [-0.05, 0) is 20.8 Å². The number of carbonyl (C=O) groups is 2. The number of methoxy groups -OCH3 is 1.